The predicted octanol–water partition coefficient (Wildman–Crippen LogP) is 4.00. The highest BCUT2D eigenvalue weighted by atomic mass is 16.5. The van der Waals surface area contributed by atoms with Crippen LogP contribution in [0.15, 0.2) is 60.8 Å². The predicted molar refractivity (Wildman–Crippen MR) is 119 cm³/mol. The summed E-state index contributed by atoms with van der Waals surface area (Å²) in [5.41, 5.74) is 3.46. The molecule has 0 aliphatic heterocycles. The number of rotatable bonds is 9. The molecule has 0 saturated heterocycles. The van der Waals surface area contributed by atoms with Gasteiger partial charge in [0.15, 0.2) is 0 Å². The Morgan fingerprint density at radius 3 is 2.53 bits per heavy atom. The first-order chi connectivity index (χ1) is 14.6. The molecule has 0 saturated carbocycles. The molecule has 3 aromatic rings. The fraction of sp³-hybridized carbons (Fsp3) is 0.333. The number of methoxy groups -OCH3 is 1. The molecule has 0 radical (unpaired) electrons. The van der Waals surface area contributed by atoms with E-state index in [1.165, 1.54) is 0 Å². The summed E-state index contributed by atoms with van der Waals surface area (Å²) >= 11 is 0. The molecule has 1 unspecified atom stereocenters. The summed E-state index contributed by atoms with van der Waals surface area (Å²) in [6.07, 6.45) is 1.63. The zero-order chi connectivity index (χ0) is 21.5. The Morgan fingerprint density at radius 2 is 1.87 bits per heavy atom. The van der Waals surface area contributed by atoms with Crippen LogP contribution in [0.3, 0.4) is 0 Å². The third kappa shape index (κ3) is 4.71. The van der Waals surface area contributed by atoms with Crippen LogP contribution >= 0.6 is 0 Å². The van der Waals surface area contributed by atoms with Crippen molar-refractivity contribution in [1.29, 1.82) is 0 Å². The van der Waals surface area contributed by atoms with Gasteiger partial charge in [0, 0.05) is 6.54 Å². The summed E-state index contributed by atoms with van der Waals surface area (Å²) in [5, 5.41) is 7.53. The molecule has 0 aliphatic rings. The first-order valence-electron chi connectivity index (χ1n) is 10.3. The number of carbonyl (C=O) groups is 1. The normalized spacial score (nSPS) is 12.0. The van der Waals surface area contributed by atoms with E-state index in [1.807, 2.05) is 55.5 Å². The number of para-hydroxylation sites is 1. The van der Waals surface area contributed by atoms with Crippen molar-refractivity contribution in [3.05, 3.63) is 77.6 Å². The maximum atomic E-state index is 13.0. The Bertz CT molecular complexity index is 964. The molecule has 2 aromatic carbocycles. The maximum absolute atomic E-state index is 13.0. The lowest BCUT2D eigenvalue weighted by Crippen LogP contribution is -2.38. The van der Waals surface area contributed by atoms with Crippen LogP contribution in [0.25, 0.3) is 5.69 Å². The number of benzene rings is 2. The van der Waals surface area contributed by atoms with Gasteiger partial charge in [0.1, 0.15) is 5.75 Å². The quantitative estimate of drug-likeness (QED) is 0.583. The van der Waals surface area contributed by atoms with Gasteiger partial charge >= 0.3 is 0 Å². The number of hydrogen-bond acceptors (Lipinski definition) is 4. The van der Waals surface area contributed by atoms with Gasteiger partial charge in [0.25, 0.3) is 5.91 Å². The maximum Gasteiger partial charge on any atom is 0.254 e. The lowest BCUT2D eigenvalue weighted by Gasteiger charge is -2.30. The van der Waals surface area contributed by atoms with E-state index in [0.717, 1.165) is 35.8 Å². The van der Waals surface area contributed by atoms with Gasteiger partial charge in [-0.15, -0.1) is 0 Å². The van der Waals surface area contributed by atoms with Crippen molar-refractivity contribution in [3.8, 4) is 11.4 Å². The lowest BCUT2D eigenvalue weighted by atomic mass is 10.0. The fourth-order valence-electron chi connectivity index (χ4n) is 3.72. The highest BCUT2D eigenvalue weighted by Gasteiger charge is 2.21. The summed E-state index contributed by atoms with van der Waals surface area (Å²) < 4.78 is 7.18. The van der Waals surface area contributed by atoms with Gasteiger partial charge in [-0.2, -0.15) is 5.10 Å². The van der Waals surface area contributed by atoms with Crippen LogP contribution in [0.5, 0.6) is 5.75 Å². The summed E-state index contributed by atoms with van der Waals surface area (Å²) in [5.74, 6) is 0.700. The van der Waals surface area contributed by atoms with Gasteiger partial charge in [-0.05, 0) is 49.8 Å². The number of nitrogens with zero attached hydrogens (tertiary/aromatic N) is 3. The van der Waals surface area contributed by atoms with Crippen LogP contribution in [0, 0.1) is 6.92 Å². The van der Waals surface area contributed by atoms with Crippen molar-refractivity contribution in [2.24, 2.45) is 0 Å². The summed E-state index contributed by atoms with van der Waals surface area (Å²) in [6, 6.07) is 17.9. The number of ether oxygens (including phenoxy) is 1. The minimum Gasteiger partial charge on any atom is -0.497 e. The number of nitrogens with one attached hydrogen (secondary N) is 1. The SMILES string of the molecule is CCN(CC)C(CNC(=O)c1cnn(-c2ccccc2)c1C)c1cccc(OC)c1. The van der Waals surface area contributed by atoms with Crippen LogP contribution < -0.4 is 10.1 Å². The zero-order valence-electron chi connectivity index (χ0n) is 18.1. The standard InChI is InChI=1S/C24H30N4O2/c1-5-27(6-2)23(19-11-10-14-21(15-19)30-4)17-25-24(29)22-16-26-28(18(22)3)20-12-8-7-9-13-20/h7-16,23H,5-6,17H2,1-4H3,(H,25,29). The number of amides is 1. The van der Waals surface area contributed by atoms with Crippen LogP contribution in [0.2, 0.25) is 0 Å². The molecule has 1 N–H and O–H groups in total. The van der Waals surface area contributed by atoms with Gasteiger partial charge in [0.05, 0.1) is 36.3 Å². The molecule has 6 heteroatoms. The molecule has 0 bridgehead atoms. The van der Waals surface area contributed by atoms with Crippen molar-refractivity contribution in [1.82, 2.24) is 20.0 Å². The van der Waals surface area contributed by atoms with E-state index in [1.54, 1.807) is 18.0 Å². The molecule has 1 aromatic heterocycles. The number of likely N-dealkylation sites (N-methyl/N-ethyl adjacent to an activating group) is 1. The van der Waals surface area contributed by atoms with Gasteiger partial charge in [-0.1, -0.05) is 44.2 Å². The molecule has 158 valence electrons. The number of aromatic nitrogens is 2. The molecule has 30 heavy (non-hydrogen) atoms. The van der Waals surface area contributed by atoms with E-state index in [-0.39, 0.29) is 11.9 Å². The van der Waals surface area contributed by atoms with Crippen LogP contribution in [0.4, 0.5) is 0 Å². The first kappa shape index (κ1) is 21.6. The van der Waals surface area contributed by atoms with Crippen molar-refractivity contribution < 1.29 is 9.53 Å². The van der Waals surface area contributed by atoms with Crippen molar-refractivity contribution in [2.75, 3.05) is 26.7 Å². The van der Waals surface area contributed by atoms with E-state index < -0.39 is 0 Å². The average molecular weight is 407 g/mol. The van der Waals surface area contributed by atoms with Gasteiger partial charge in [-0.25, -0.2) is 4.68 Å². The van der Waals surface area contributed by atoms with Crippen molar-refractivity contribution in [2.45, 2.75) is 26.8 Å². The highest BCUT2D eigenvalue weighted by molar-refractivity contribution is 5.95. The molecule has 1 amide bonds. The smallest absolute Gasteiger partial charge is 0.254 e. The monoisotopic (exact) mass is 406 g/mol. The average Bonchev–Trinajstić information content (AvgIpc) is 3.18. The van der Waals surface area contributed by atoms with Gasteiger partial charge < -0.3 is 10.1 Å². The largest absolute Gasteiger partial charge is 0.497 e. The Hall–Kier alpha value is -3.12. The zero-order valence-corrected chi connectivity index (χ0v) is 18.1. The van der Waals surface area contributed by atoms with Crippen molar-refractivity contribution in [3.63, 3.8) is 0 Å². The van der Waals surface area contributed by atoms with Gasteiger partial charge in [0.2, 0.25) is 0 Å². The summed E-state index contributed by atoms with van der Waals surface area (Å²) in [6.45, 7) is 8.46. The second-order valence-electron chi connectivity index (χ2n) is 7.11. The number of hydrogen-bond donors (Lipinski definition) is 1. The minimum atomic E-state index is -0.116. The third-order valence-electron chi connectivity index (χ3n) is 5.44. The lowest BCUT2D eigenvalue weighted by molar-refractivity contribution is 0.0934. The van der Waals surface area contributed by atoms with Crippen LogP contribution in [0.1, 0.15) is 41.5 Å². The first-order valence-corrected chi connectivity index (χ1v) is 10.3. The topological polar surface area (TPSA) is 59.4 Å². The molecular formula is C24H30N4O2. The molecule has 0 spiro atoms. The molecular weight excluding hydrogens is 376 g/mol. The third-order valence-corrected chi connectivity index (χ3v) is 5.44. The van der Waals surface area contributed by atoms with E-state index >= 15 is 0 Å². The number of carbonyl (C=O) groups excluding carboxylic acids is 1. The molecule has 3 rings (SSSR count). The van der Waals surface area contributed by atoms with Crippen LogP contribution in [-0.2, 0) is 0 Å². The van der Waals surface area contributed by atoms with E-state index in [9.17, 15) is 4.79 Å². The Balaban J connectivity index is 1.78. The Kier molecular flexibility index (Phi) is 7.25. The Morgan fingerprint density at radius 1 is 1.13 bits per heavy atom. The fourth-order valence-corrected chi connectivity index (χ4v) is 3.72. The molecule has 6 nitrogen and oxygen atoms in total. The van der Waals surface area contributed by atoms with E-state index in [2.05, 4.69) is 35.2 Å². The minimum absolute atomic E-state index is 0.0588. The molecule has 0 aliphatic carbocycles. The van der Waals surface area contributed by atoms with E-state index in [4.69, 9.17) is 4.74 Å². The van der Waals surface area contributed by atoms with E-state index in [0.29, 0.717) is 12.1 Å². The molecule has 1 heterocycles. The van der Waals surface area contributed by atoms with Gasteiger partial charge in [-0.3, -0.25) is 9.69 Å². The molecule has 0 fully saturated rings. The summed E-state index contributed by atoms with van der Waals surface area (Å²) in [7, 11) is 1.67. The second kappa shape index (κ2) is 10.1. The second-order valence-corrected chi connectivity index (χ2v) is 7.11. The van der Waals surface area contributed by atoms with Crippen molar-refractivity contribution >= 4 is 5.91 Å². The Labute approximate surface area is 178 Å². The summed E-state index contributed by atoms with van der Waals surface area (Å²) in [4.78, 5) is 15.3. The highest BCUT2D eigenvalue weighted by Crippen LogP contribution is 2.24. The van der Waals surface area contributed by atoms with Crippen LogP contribution in [-0.4, -0.2) is 47.3 Å². The molecule has 1 atom stereocenters.